The SMILES string of the molecule is CCCc1ccccc1[O][Bi]. The Morgan fingerprint density at radius 2 is 2.09 bits per heavy atom. The van der Waals surface area contributed by atoms with Crippen LogP contribution >= 0.6 is 0 Å². The summed E-state index contributed by atoms with van der Waals surface area (Å²) in [5.41, 5.74) is 1.33. The molecule has 1 aromatic carbocycles. The molecule has 0 atom stereocenters. The Morgan fingerprint density at radius 3 is 2.73 bits per heavy atom. The predicted molar refractivity (Wildman–Crippen MR) is 46.8 cm³/mol. The normalized spacial score (nSPS) is 9.64. The van der Waals surface area contributed by atoms with Gasteiger partial charge < -0.3 is 0 Å². The van der Waals surface area contributed by atoms with Crippen LogP contribution < -0.4 is 2.81 Å². The van der Waals surface area contributed by atoms with Gasteiger partial charge in [-0.15, -0.1) is 0 Å². The number of hydrogen-bond acceptors (Lipinski definition) is 1. The van der Waals surface area contributed by atoms with Gasteiger partial charge >= 0.3 is 83.3 Å². The average Bonchev–Trinajstić information content (AvgIpc) is 2.06. The molecule has 0 heterocycles. The van der Waals surface area contributed by atoms with Gasteiger partial charge in [0.1, 0.15) is 0 Å². The van der Waals surface area contributed by atoms with Crippen molar-refractivity contribution in [3.8, 4) is 5.75 Å². The second kappa shape index (κ2) is 4.71. The Bertz CT molecular complexity index is 223. The summed E-state index contributed by atoms with van der Waals surface area (Å²) in [6.45, 7) is 2.18. The molecule has 0 aromatic heterocycles. The molecule has 1 nitrogen and oxygen atoms in total. The molecule has 2 heteroatoms. The van der Waals surface area contributed by atoms with E-state index < -0.39 is 0 Å². The van der Waals surface area contributed by atoms with E-state index in [1.165, 1.54) is 12.0 Å². The summed E-state index contributed by atoms with van der Waals surface area (Å²) < 4.78 is 5.31. The Labute approximate surface area is 83.2 Å². The second-order valence-corrected chi connectivity index (χ2v) is 3.16. The molecular formula is C9H11BiO. The molecule has 1 rings (SSSR count). The van der Waals surface area contributed by atoms with Gasteiger partial charge in [-0.2, -0.15) is 0 Å². The molecule has 0 bridgehead atoms. The molecular weight excluding hydrogens is 333 g/mol. The fourth-order valence-corrected chi connectivity index (χ4v) is 1.76. The Balaban J connectivity index is 2.83. The quantitative estimate of drug-likeness (QED) is 0.764. The van der Waals surface area contributed by atoms with Crippen LogP contribution in [0, 0.1) is 0 Å². The summed E-state index contributed by atoms with van der Waals surface area (Å²) in [5, 5.41) is 0. The van der Waals surface area contributed by atoms with E-state index in [-0.39, 0.29) is 0 Å². The molecule has 0 spiro atoms. The van der Waals surface area contributed by atoms with Crippen LogP contribution in [-0.4, -0.2) is 25.2 Å². The van der Waals surface area contributed by atoms with E-state index >= 15 is 0 Å². The van der Waals surface area contributed by atoms with Gasteiger partial charge in [-0.25, -0.2) is 0 Å². The van der Waals surface area contributed by atoms with Crippen molar-refractivity contribution in [1.82, 2.24) is 0 Å². The van der Waals surface area contributed by atoms with Crippen LogP contribution in [0.3, 0.4) is 0 Å². The number of benzene rings is 1. The third-order valence-electron chi connectivity index (χ3n) is 1.59. The maximum atomic E-state index is 5.31. The first-order chi connectivity index (χ1) is 5.38. The molecule has 0 fully saturated rings. The number of para-hydroxylation sites is 1. The van der Waals surface area contributed by atoms with Crippen molar-refractivity contribution in [2.75, 3.05) is 0 Å². The summed E-state index contributed by atoms with van der Waals surface area (Å²) in [5.74, 6) is 1.06. The molecule has 1 aromatic rings. The van der Waals surface area contributed by atoms with Gasteiger partial charge in [0, 0.05) is 0 Å². The van der Waals surface area contributed by atoms with E-state index in [1.807, 2.05) is 12.1 Å². The summed E-state index contributed by atoms with van der Waals surface area (Å²) in [6.07, 6.45) is 2.30. The van der Waals surface area contributed by atoms with Crippen molar-refractivity contribution >= 4 is 25.2 Å². The average molecular weight is 344 g/mol. The van der Waals surface area contributed by atoms with Gasteiger partial charge in [0.15, 0.2) is 0 Å². The first-order valence-corrected chi connectivity index (χ1v) is 5.19. The van der Waals surface area contributed by atoms with E-state index in [4.69, 9.17) is 2.81 Å². The molecule has 0 unspecified atom stereocenters. The van der Waals surface area contributed by atoms with Crippen molar-refractivity contribution in [1.29, 1.82) is 0 Å². The maximum absolute atomic E-state index is 5.31. The number of rotatable bonds is 3. The van der Waals surface area contributed by atoms with Crippen LogP contribution in [0.5, 0.6) is 5.75 Å². The third kappa shape index (κ3) is 2.45. The van der Waals surface area contributed by atoms with Gasteiger partial charge in [-0.05, 0) is 0 Å². The second-order valence-electron chi connectivity index (χ2n) is 2.45. The van der Waals surface area contributed by atoms with Gasteiger partial charge in [0.25, 0.3) is 0 Å². The van der Waals surface area contributed by atoms with E-state index in [9.17, 15) is 0 Å². The molecule has 11 heavy (non-hydrogen) atoms. The van der Waals surface area contributed by atoms with Crippen LogP contribution in [0.25, 0.3) is 0 Å². The number of hydrogen-bond donors (Lipinski definition) is 0. The Kier molecular flexibility index (Phi) is 3.86. The molecule has 2 radical (unpaired) electrons. The van der Waals surface area contributed by atoms with Crippen molar-refractivity contribution in [3.63, 3.8) is 0 Å². The summed E-state index contributed by atoms with van der Waals surface area (Å²) in [7, 11) is 0. The topological polar surface area (TPSA) is 9.23 Å². The first kappa shape index (κ1) is 8.99. The van der Waals surface area contributed by atoms with Gasteiger partial charge in [-0.1, -0.05) is 0 Å². The van der Waals surface area contributed by atoms with Crippen LogP contribution in [0.15, 0.2) is 24.3 Å². The molecule has 0 saturated heterocycles. The van der Waals surface area contributed by atoms with Gasteiger partial charge in [0.2, 0.25) is 0 Å². The molecule has 0 amide bonds. The van der Waals surface area contributed by atoms with E-state index in [0.717, 1.165) is 37.3 Å². The molecule has 0 aliphatic rings. The van der Waals surface area contributed by atoms with Crippen molar-refractivity contribution < 1.29 is 2.81 Å². The minimum absolute atomic E-state index is 0.969. The van der Waals surface area contributed by atoms with E-state index in [2.05, 4.69) is 19.1 Å². The van der Waals surface area contributed by atoms with Crippen molar-refractivity contribution in [2.45, 2.75) is 19.8 Å². The predicted octanol–water partition coefficient (Wildman–Crippen LogP) is 2.10. The van der Waals surface area contributed by atoms with Gasteiger partial charge in [0.05, 0.1) is 0 Å². The summed E-state index contributed by atoms with van der Waals surface area (Å²) in [6, 6.07) is 8.24. The fraction of sp³-hybridized carbons (Fsp3) is 0.333. The molecule has 0 aliphatic carbocycles. The Hall–Kier alpha value is -0.0969. The van der Waals surface area contributed by atoms with E-state index in [0.29, 0.717) is 0 Å². The third-order valence-corrected chi connectivity index (χ3v) is 2.35. The summed E-state index contributed by atoms with van der Waals surface area (Å²) in [4.78, 5) is 0. The summed E-state index contributed by atoms with van der Waals surface area (Å²) >= 11 is 0.969. The standard InChI is InChI=1S/C9H12O.Bi/c1-2-5-8-6-3-4-7-9(8)10;/h3-4,6-7,10H,2,5H2,1H3;/q;+1/p-1. The molecule has 58 valence electrons. The van der Waals surface area contributed by atoms with Gasteiger partial charge in [-0.3, -0.25) is 0 Å². The van der Waals surface area contributed by atoms with Crippen LogP contribution in [0.1, 0.15) is 18.9 Å². The molecule has 0 saturated carbocycles. The van der Waals surface area contributed by atoms with Crippen LogP contribution in [0.4, 0.5) is 0 Å². The minimum atomic E-state index is 0.969. The molecule has 0 aliphatic heterocycles. The molecule has 0 N–H and O–H groups in total. The zero-order valence-corrected chi connectivity index (χ0v) is 10.1. The fourth-order valence-electron chi connectivity index (χ4n) is 1.07. The van der Waals surface area contributed by atoms with Crippen molar-refractivity contribution in [2.24, 2.45) is 0 Å². The zero-order valence-electron chi connectivity index (χ0n) is 6.58. The first-order valence-electron chi connectivity index (χ1n) is 3.77. The van der Waals surface area contributed by atoms with Crippen LogP contribution in [0.2, 0.25) is 0 Å². The van der Waals surface area contributed by atoms with Crippen molar-refractivity contribution in [3.05, 3.63) is 29.8 Å². The van der Waals surface area contributed by atoms with E-state index in [1.54, 1.807) is 0 Å². The Morgan fingerprint density at radius 1 is 1.36 bits per heavy atom. The monoisotopic (exact) mass is 344 g/mol. The number of aryl methyl sites for hydroxylation is 1. The van der Waals surface area contributed by atoms with Crippen LogP contribution in [-0.2, 0) is 6.42 Å². The zero-order chi connectivity index (χ0) is 8.10.